The van der Waals surface area contributed by atoms with Gasteiger partial charge in [-0.1, -0.05) is 96.6 Å². The molecule has 0 aliphatic rings. The molecule has 3 aromatic heterocycles. The number of pyridine rings is 1. The number of hydrogen-bond acceptors (Lipinski definition) is 3. The molecule has 0 saturated heterocycles. The molecule has 4 heteroatoms. The molecule has 0 amide bonds. The highest BCUT2D eigenvalue weighted by Gasteiger charge is 2.20. The van der Waals surface area contributed by atoms with E-state index in [2.05, 4.69) is 90.4 Å². The van der Waals surface area contributed by atoms with Gasteiger partial charge in [0, 0.05) is 32.8 Å². The SMILES string of the molecule is Cc1ccc(-c2cc(-c3ccccc3)c3c(n2)c(=O)oc2cc4c5ccccc5n(-c5ccccc5)c4cc23)cc1. The van der Waals surface area contributed by atoms with Crippen molar-refractivity contribution >= 4 is 43.7 Å². The molecule has 0 N–H and O–H groups in total. The highest BCUT2D eigenvalue weighted by Crippen LogP contribution is 2.39. The van der Waals surface area contributed by atoms with Crippen molar-refractivity contribution in [2.45, 2.75) is 6.92 Å². The third kappa shape index (κ3) is 3.69. The topological polar surface area (TPSA) is 48.0 Å². The molecular weight excluding hydrogens is 504 g/mol. The Kier molecular flexibility index (Phi) is 5.16. The molecule has 3 heterocycles. The van der Waals surface area contributed by atoms with Crippen molar-refractivity contribution < 1.29 is 4.42 Å². The summed E-state index contributed by atoms with van der Waals surface area (Å²) >= 11 is 0. The predicted molar refractivity (Wildman–Crippen MR) is 168 cm³/mol. The van der Waals surface area contributed by atoms with E-state index in [-0.39, 0.29) is 0 Å². The summed E-state index contributed by atoms with van der Waals surface area (Å²) < 4.78 is 8.30. The maximum absolute atomic E-state index is 13.6. The standard InChI is InChI=1S/C37H24N2O2/c1-23-16-18-25(19-17-23)31-20-28(24-10-4-2-5-11-24)35-30-21-33-29(22-34(30)41-37(40)36(35)38-31)27-14-8-9-15-32(27)39(33)26-12-6-3-7-13-26/h2-22H,1H3. The zero-order valence-electron chi connectivity index (χ0n) is 22.3. The first kappa shape index (κ1) is 23.4. The maximum atomic E-state index is 13.6. The second-order valence-corrected chi connectivity index (χ2v) is 10.5. The zero-order valence-corrected chi connectivity index (χ0v) is 22.3. The average molecular weight is 529 g/mol. The zero-order chi connectivity index (χ0) is 27.5. The molecule has 194 valence electrons. The maximum Gasteiger partial charge on any atom is 0.363 e. The van der Waals surface area contributed by atoms with E-state index < -0.39 is 5.63 Å². The highest BCUT2D eigenvalue weighted by molar-refractivity contribution is 6.19. The minimum absolute atomic E-state index is 0.330. The first-order valence-electron chi connectivity index (χ1n) is 13.7. The lowest BCUT2D eigenvalue weighted by Crippen LogP contribution is -2.05. The molecule has 0 fully saturated rings. The van der Waals surface area contributed by atoms with Gasteiger partial charge < -0.3 is 8.98 Å². The van der Waals surface area contributed by atoms with Crippen LogP contribution in [-0.4, -0.2) is 9.55 Å². The van der Waals surface area contributed by atoms with Crippen LogP contribution >= 0.6 is 0 Å². The summed E-state index contributed by atoms with van der Waals surface area (Å²) in [6.07, 6.45) is 0. The van der Waals surface area contributed by atoms with Gasteiger partial charge in [-0.3, -0.25) is 0 Å². The van der Waals surface area contributed by atoms with Crippen molar-refractivity contribution in [1.29, 1.82) is 0 Å². The Bertz CT molecular complexity index is 2320. The van der Waals surface area contributed by atoms with Crippen molar-refractivity contribution in [2.75, 3.05) is 0 Å². The Hall–Kier alpha value is -5.48. The summed E-state index contributed by atoms with van der Waals surface area (Å²) in [6.45, 7) is 2.06. The van der Waals surface area contributed by atoms with Crippen LogP contribution < -0.4 is 5.63 Å². The van der Waals surface area contributed by atoms with Crippen LogP contribution in [0.2, 0.25) is 0 Å². The molecule has 4 nitrogen and oxygen atoms in total. The smallest absolute Gasteiger partial charge is 0.363 e. The minimum atomic E-state index is -0.440. The van der Waals surface area contributed by atoms with Crippen molar-refractivity contribution in [3.8, 4) is 28.1 Å². The van der Waals surface area contributed by atoms with E-state index in [1.807, 2.05) is 48.5 Å². The van der Waals surface area contributed by atoms with Gasteiger partial charge in [-0.15, -0.1) is 0 Å². The van der Waals surface area contributed by atoms with Crippen molar-refractivity contribution in [2.24, 2.45) is 0 Å². The largest absolute Gasteiger partial charge is 0.421 e. The summed E-state index contributed by atoms with van der Waals surface area (Å²) in [4.78, 5) is 18.5. The van der Waals surface area contributed by atoms with Crippen LogP contribution in [0.4, 0.5) is 0 Å². The molecule has 0 radical (unpaired) electrons. The van der Waals surface area contributed by atoms with Crippen molar-refractivity contribution in [3.63, 3.8) is 0 Å². The van der Waals surface area contributed by atoms with Crippen LogP contribution in [0.3, 0.4) is 0 Å². The van der Waals surface area contributed by atoms with E-state index >= 15 is 0 Å². The molecule has 0 atom stereocenters. The second kappa shape index (κ2) is 9.04. The fraction of sp³-hybridized carbons (Fsp3) is 0.0270. The Morgan fingerprint density at radius 3 is 2.12 bits per heavy atom. The average Bonchev–Trinajstić information content (AvgIpc) is 3.34. The number of aryl methyl sites for hydroxylation is 1. The van der Waals surface area contributed by atoms with Gasteiger partial charge in [-0.2, -0.15) is 0 Å². The van der Waals surface area contributed by atoms with Gasteiger partial charge in [-0.05, 0) is 54.4 Å². The minimum Gasteiger partial charge on any atom is -0.421 e. The lowest BCUT2D eigenvalue weighted by Gasteiger charge is -2.13. The summed E-state index contributed by atoms with van der Waals surface area (Å²) in [6, 6.07) is 43.4. The number of nitrogens with zero attached hydrogens (tertiary/aromatic N) is 2. The van der Waals surface area contributed by atoms with Crippen molar-refractivity contribution in [1.82, 2.24) is 9.55 Å². The normalized spacial score (nSPS) is 11.6. The highest BCUT2D eigenvalue weighted by atomic mass is 16.4. The van der Waals surface area contributed by atoms with E-state index in [4.69, 9.17) is 9.40 Å². The third-order valence-electron chi connectivity index (χ3n) is 7.91. The number of fused-ring (bicyclic) bond motifs is 6. The van der Waals surface area contributed by atoms with Crippen LogP contribution in [-0.2, 0) is 0 Å². The number of rotatable bonds is 3. The van der Waals surface area contributed by atoms with Gasteiger partial charge in [0.25, 0.3) is 0 Å². The third-order valence-corrected chi connectivity index (χ3v) is 7.91. The van der Waals surface area contributed by atoms with E-state index in [0.29, 0.717) is 11.1 Å². The fourth-order valence-electron chi connectivity index (χ4n) is 5.96. The van der Waals surface area contributed by atoms with Gasteiger partial charge >= 0.3 is 5.63 Å². The van der Waals surface area contributed by atoms with Gasteiger partial charge in [0.2, 0.25) is 0 Å². The van der Waals surface area contributed by atoms with Gasteiger partial charge in [0.15, 0.2) is 5.52 Å². The second-order valence-electron chi connectivity index (χ2n) is 10.5. The lowest BCUT2D eigenvalue weighted by atomic mass is 9.96. The number of aromatic nitrogens is 2. The van der Waals surface area contributed by atoms with Gasteiger partial charge in [0.05, 0.1) is 16.7 Å². The summed E-state index contributed by atoms with van der Waals surface area (Å²) in [7, 11) is 0. The molecular formula is C37H24N2O2. The number of hydrogen-bond donors (Lipinski definition) is 0. The Balaban J connectivity index is 1.54. The Morgan fingerprint density at radius 2 is 1.34 bits per heavy atom. The molecule has 0 saturated carbocycles. The summed E-state index contributed by atoms with van der Waals surface area (Å²) in [5.74, 6) is 0. The van der Waals surface area contributed by atoms with E-state index in [0.717, 1.165) is 60.6 Å². The molecule has 5 aromatic carbocycles. The molecule has 0 bridgehead atoms. The molecule has 0 aliphatic heterocycles. The Labute approximate surface area is 235 Å². The first-order chi connectivity index (χ1) is 20.2. The number of para-hydroxylation sites is 2. The molecule has 41 heavy (non-hydrogen) atoms. The van der Waals surface area contributed by atoms with Crippen molar-refractivity contribution in [3.05, 3.63) is 143 Å². The van der Waals surface area contributed by atoms with E-state index in [1.54, 1.807) is 0 Å². The summed E-state index contributed by atoms with van der Waals surface area (Å²) in [5, 5.41) is 3.79. The van der Waals surface area contributed by atoms with Crippen LogP contribution in [0, 0.1) is 6.92 Å². The molecule has 8 rings (SSSR count). The van der Waals surface area contributed by atoms with Crippen LogP contribution in [0.1, 0.15) is 5.56 Å². The predicted octanol–water partition coefficient (Wildman–Crippen LogP) is 9.08. The molecule has 8 aromatic rings. The quantitative estimate of drug-likeness (QED) is 0.170. The monoisotopic (exact) mass is 528 g/mol. The fourth-order valence-corrected chi connectivity index (χ4v) is 5.96. The molecule has 0 spiro atoms. The van der Waals surface area contributed by atoms with Gasteiger partial charge in [0.1, 0.15) is 5.58 Å². The first-order valence-corrected chi connectivity index (χ1v) is 13.7. The summed E-state index contributed by atoms with van der Waals surface area (Å²) in [5.41, 5.74) is 8.48. The molecule has 0 unspecified atom stereocenters. The Morgan fingerprint density at radius 1 is 0.634 bits per heavy atom. The van der Waals surface area contributed by atoms with Crippen LogP contribution in [0.25, 0.3) is 71.7 Å². The number of benzene rings is 5. The lowest BCUT2D eigenvalue weighted by molar-refractivity contribution is 0.568. The van der Waals surface area contributed by atoms with Crippen LogP contribution in [0.15, 0.2) is 137 Å². The van der Waals surface area contributed by atoms with Gasteiger partial charge in [-0.25, -0.2) is 9.78 Å². The molecule has 0 aliphatic carbocycles. The van der Waals surface area contributed by atoms with E-state index in [1.165, 1.54) is 5.56 Å². The van der Waals surface area contributed by atoms with Crippen LogP contribution in [0.5, 0.6) is 0 Å². The van der Waals surface area contributed by atoms with E-state index in [9.17, 15) is 4.79 Å².